The summed E-state index contributed by atoms with van der Waals surface area (Å²) in [5.74, 6) is -0.00909. The van der Waals surface area contributed by atoms with Crippen molar-refractivity contribution >= 4 is 11.9 Å². The summed E-state index contributed by atoms with van der Waals surface area (Å²) in [5, 5.41) is 23.4. The maximum atomic E-state index is 12.5. The number of unbranched alkanes of at least 4 members (excludes halogenated alkanes) is 61. The number of nitrogens with one attached hydrogen (secondary N) is 1. The molecule has 0 aliphatic rings. The highest BCUT2D eigenvalue weighted by Crippen LogP contribution is 2.20. The molecule has 6 heteroatoms. The molecule has 6 nitrogen and oxygen atoms in total. The zero-order valence-corrected chi connectivity index (χ0v) is 59.3. The summed E-state index contributed by atoms with van der Waals surface area (Å²) >= 11 is 0. The molecule has 516 valence electrons. The van der Waals surface area contributed by atoms with E-state index in [-0.39, 0.29) is 18.5 Å². The summed E-state index contributed by atoms with van der Waals surface area (Å²) < 4.78 is 5.51. The van der Waals surface area contributed by atoms with Crippen LogP contribution in [-0.4, -0.2) is 47.4 Å². The first-order valence-electron chi connectivity index (χ1n) is 40.1. The second-order valence-corrected chi connectivity index (χ2v) is 27.8. The van der Waals surface area contributed by atoms with Gasteiger partial charge in [-0.05, 0) is 57.8 Å². The standard InChI is InChI=1S/C81H157NO5/c1-3-5-7-9-11-13-15-17-19-21-43-47-51-55-59-63-67-71-75-81(86)87-76-72-68-64-60-56-52-48-44-40-38-36-34-32-30-28-26-24-22-23-25-27-29-31-33-35-37-39-42-46-50-54-58-62-66-70-74-80(85)82-78(77-83)79(84)73-69-65-61-57-53-49-45-41-20-18-16-14-12-10-8-6-4-2/h13,15,19,21,78-79,83-84H,3-12,14,16-18,20,22-77H2,1-2H3,(H,82,85)/b15-13-,21-19-. The number of carbonyl (C=O) groups is 2. The number of allylic oxidation sites excluding steroid dienone is 4. The number of amides is 1. The minimum Gasteiger partial charge on any atom is -0.466 e. The van der Waals surface area contributed by atoms with Crippen LogP contribution >= 0.6 is 0 Å². The van der Waals surface area contributed by atoms with Crippen LogP contribution in [0.25, 0.3) is 0 Å². The summed E-state index contributed by atoms with van der Waals surface area (Å²) in [6.45, 7) is 4.98. The molecule has 87 heavy (non-hydrogen) atoms. The first-order valence-corrected chi connectivity index (χ1v) is 40.1. The Morgan fingerprint density at radius 2 is 0.575 bits per heavy atom. The van der Waals surface area contributed by atoms with E-state index >= 15 is 0 Å². The van der Waals surface area contributed by atoms with Gasteiger partial charge in [-0.1, -0.05) is 411 Å². The Morgan fingerprint density at radius 1 is 0.322 bits per heavy atom. The van der Waals surface area contributed by atoms with Crippen LogP contribution in [0.15, 0.2) is 24.3 Å². The quantitative estimate of drug-likeness (QED) is 0.0320. The molecule has 0 heterocycles. The normalized spacial score (nSPS) is 12.6. The molecule has 0 saturated carbocycles. The molecule has 0 bridgehead atoms. The lowest BCUT2D eigenvalue weighted by Crippen LogP contribution is -2.45. The van der Waals surface area contributed by atoms with Crippen molar-refractivity contribution in [1.82, 2.24) is 5.32 Å². The number of rotatable bonds is 76. The Bertz CT molecular complexity index is 1360. The van der Waals surface area contributed by atoms with Gasteiger partial charge in [0.2, 0.25) is 5.91 Å². The molecule has 1 amide bonds. The smallest absolute Gasteiger partial charge is 0.305 e. The van der Waals surface area contributed by atoms with E-state index in [2.05, 4.69) is 43.5 Å². The Balaban J connectivity index is 3.30. The highest BCUT2D eigenvalue weighted by atomic mass is 16.5. The minimum absolute atomic E-state index is 0.0162. The molecular weight excluding hydrogens is 1070 g/mol. The number of aliphatic hydroxyl groups is 2. The number of hydrogen-bond donors (Lipinski definition) is 3. The summed E-state index contributed by atoms with van der Waals surface area (Å²) in [7, 11) is 0. The molecule has 0 aliphatic carbocycles. The lowest BCUT2D eigenvalue weighted by Gasteiger charge is -2.22. The van der Waals surface area contributed by atoms with Gasteiger partial charge in [-0.3, -0.25) is 9.59 Å². The van der Waals surface area contributed by atoms with Crippen LogP contribution in [0.1, 0.15) is 457 Å². The lowest BCUT2D eigenvalue weighted by atomic mass is 10.0. The molecule has 0 aromatic carbocycles. The van der Waals surface area contributed by atoms with E-state index in [1.807, 2.05) is 0 Å². The Labute approximate surface area is 545 Å². The van der Waals surface area contributed by atoms with Crippen LogP contribution in [0.4, 0.5) is 0 Å². The molecule has 0 saturated heterocycles. The largest absolute Gasteiger partial charge is 0.466 e. The van der Waals surface area contributed by atoms with Gasteiger partial charge in [0.15, 0.2) is 0 Å². The zero-order chi connectivity index (χ0) is 62.8. The zero-order valence-electron chi connectivity index (χ0n) is 59.3. The first kappa shape index (κ1) is 85.3. The average molecular weight is 1230 g/mol. The van der Waals surface area contributed by atoms with Gasteiger partial charge < -0.3 is 20.3 Å². The number of carbonyl (C=O) groups excluding carboxylic acids is 2. The van der Waals surface area contributed by atoms with Crippen molar-refractivity contribution in [3.8, 4) is 0 Å². The van der Waals surface area contributed by atoms with Gasteiger partial charge in [0, 0.05) is 12.8 Å². The summed E-state index contributed by atoms with van der Waals surface area (Å²) in [4.78, 5) is 24.7. The van der Waals surface area contributed by atoms with E-state index in [1.165, 1.54) is 372 Å². The summed E-state index contributed by atoms with van der Waals surface area (Å²) in [5.41, 5.74) is 0. The number of ether oxygens (including phenoxy) is 1. The predicted molar refractivity (Wildman–Crippen MR) is 384 cm³/mol. The van der Waals surface area contributed by atoms with Gasteiger partial charge in [0.05, 0.1) is 25.4 Å². The number of hydrogen-bond acceptors (Lipinski definition) is 5. The molecule has 2 unspecified atom stereocenters. The number of esters is 1. The van der Waals surface area contributed by atoms with Crippen molar-refractivity contribution in [3.05, 3.63) is 24.3 Å². The third-order valence-electron chi connectivity index (χ3n) is 19.0. The van der Waals surface area contributed by atoms with Crippen molar-refractivity contribution < 1.29 is 24.5 Å². The van der Waals surface area contributed by atoms with Crippen molar-refractivity contribution in [3.63, 3.8) is 0 Å². The number of aliphatic hydroxyl groups excluding tert-OH is 2. The fourth-order valence-electron chi connectivity index (χ4n) is 12.9. The molecule has 0 radical (unpaired) electrons. The monoisotopic (exact) mass is 1220 g/mol. The third kappa shape index (κ3) is 73.3. The van der Waals surface area contributed by atoms with Crippen molar-refractivity contribution in [2.45, 2.75) is 469 Å². The SMILES string of the molecule is CCCCCC/C=C\C/C=C\CCCCCCCCCC(=O)OCCCCCCCCCCCCCCCCCCCCCCCCCCCCCCCCCCCCCC(=O)NC(CO)C(O)CCCCCCCCCCCCCCCCCCC. The highest BCUT2D eigenvalue weighted by molar-refractivity contribution is 5.76. The maximum Gasteiger partial charge on any atom is 0.305 e. The van der Waals surface area contributed by atoms with Crippen LogP contribution in [0.2, 0.25) is 0 Å². The Kier molecular flexibility index (Phi) is 75.3. The van der Waals surface area contributed by atoms with Crippen molar-refractivity contribution in [2.75, 3.05) is 13.2 Å². The second kappa shape index (κ2) is 76.8. The maximum absolute atomic E-state index is 12.5. The molecule has 0 aliphatic heterocycles. The van der Waals surface area contributed by atoms with E-state index in [0.717, 1.165) is 51.4 Å². The second-order valence-electron chi connectivity index (χ2n) is 27.8. The van der Waals surface area contributed by atoms with Crippen LogP contribution in [0.5, 0.6) is 0 Å². The van der Waals surface area contributed by atoms with E-state index in [4.69, 9.17) is 4.74 Å². The molecular formula is C81H157NO5. The van der Waals surface area contributed by atoms with E-state index in [1.54, 1.807) is 0 Å². The van der Waals surface area contributed by atoms with Gasteiger partial charge in [0.1, 0.15) is 0 Å². The third-order valence-corrected chi connectivity index (χ3v) is 19.0. The lowest BCUT2D eigenvalue weighted by molar-refractivity contribution is -0.143. The molecule has 0 fully saturated rings. The summed E-state index contributed by atoms with van der Waals surface area (Å²) in [6, 6.07) is -0.537. The van der Waals surface area contributed by atoms with Gasteiger partial charge in [-0.25, -0.2) is 0 Å². The Hall–Kier alpha value is -1.66. The van der Waals surface area contributed by atoms with E-state index in [0.29, 0.717) is 25.9 Å². The van der Waals surface area contributed by atoms with Gasteiger partial charge in [-0.15, -0.1) is 0 Å². The van der Waals surface area contributed by atoms with E-state index in [9.17, 15) is 19.8 Å². The van der Waals surface area contributed by atoms with Crippen LogP contribution in [-0.2, 0) is 14.3 Å². The van der Waals surface area contributed by atoms with Gasteiger partial charge in [-0.2, -0.15) is 0 Å². The van der Waals surface area contributed by atoms with Gasteiger partial charge >= 0.3 is 5.97 Å². The van der Waals surface area contributed by atoms with Gasteiger partial charge in [0.25, 0.3) is 0 Å². The predicted octanol–water partition coefficient (Wildman–Crippen LogP) is 26.4. The minimum atomic E-state index is -0.660. The van der Waals surface area contributed by atoms with Crippen LogP contribution in [0.3, 0.4) is 0 Å². The average Bonchev–Trinajstić information content (AvgIpc) is 3.53. The van der Waals surface area contributed by atoms with Crippen LogP contribution < -0.4 is 5.32 Å². The molecule has 3 N–H and O–H groups in total. The fourth-order valence-corrected chi connectivity index (χ4v) is 12.9. The molecule has 0 aromatic heterocycles. The Morgan fingerprint density at radius 3 is 0.885 bits per heavy atom. The topological polar surface area (TPSA) is 95.9 Å². The molecule has 0 rings (SSSR count). The van der Waals surface area contributed by atoms with Crippen LogP contribution in [0, 0.1) is 0 Å². The summed E-state index contributed by atoms with van der Waals surface area (Å²) in [6.07, 6.45) is 98.5. The first-order chi connectivity index (χ1) is 43.0. The molecule has 0 aromatic rings. The van der Waals surface area contributed by atoms with E-state index < -0.39 is 12.1 Å². The molecule has 2 atom stereocenters. The van der Waals surface area contributed by atoms with Crippen molar-refractivity contribution in [2.24, 2.45) is 0 Å². The van der Waals surface area contributed by atoms with Crippen molar-refractivity contribution in [1.29, 1.82) is 0 Å². The fraction of sp³-hybridized carbons (Fsp3) is 0.926. The molecule has 0 spiro atoms. The highest BCUT2D eigenvalue weighted by Gasteiger charge is 2.20.